The van der Waals surface area contributed by atoms with Gasteiger partial charge in [-0.05, 0) is 25.1 Å². The maximum Gasteiger partial charge on any atom is 0.319 e. The van der Waals surface area contributed by atoms with Crippen molar-refractivity contribution < 1.29 is 18.3 Å². The van der Waals surface area contributed by atoms with Crippen LogP contribution in [0.2, 0.25) is 0 Å². The molecular formula is C22H21F2N3O2. The van der Waals surface area contributed by atoms with Crippen LogP contribution in [-0.2, 0) is 0 Å². The molecule has 2 heterocycles. The molecule has 1 aliphatic heterocycles. The van der Waals surface area contributed by atoms with Gasteiger partial charge in [-0.3, -0.25) is 9.88 Å². The summed E-state index contributed by atoms with van der Waals surface area (Å²) in [5, 5.41) is 1.62. The normalized spacial score (nSPS) is 17.4. The van der Waals surface area contributed by atoms with Gasteiger partial charge in [0, 0.05) is 34.6 Å². The fraction of sp³-hybridized carbons (Fsp3) is 0.273. The number of anilines is 1. The molecule has 1 aliphatic rings. The summed E-state index contributed by atoms with van der Waals surface area (Å²) in [7, 11) is 0. The van der Waals surface area contributed by atoms with Crippen LogP contribution in [0.4, 0.5) is 19.3 Å². The van der Waals surface area contributed by atoms with Crippen LogP contribution < -0.4 is 15.4 Å². The molecule has 0 saturated carbocycles. The lowest BCUT2D eigenvalue weighted by molar-refractivity contribution is -0.00785. The number of carbonyl (C=O) groups is 1. The number of hydrogen-bond donors (Lipinski definition) is 1. The third-order valence-electron chi connectivity index (χ3n) is 5.34. The van der Waals surface area contributed by atoms with E-state index in [0.29, 0.717) is 17.0 Å². The van der Waals surface area contributed by atoms with E-state index in [4.69, 9.17) is 10.5 Å². The summed E-state index contributed by atoms with van der Waals surface area (Å²) in [5.74, 6) is 0.350. The van der Waals surface area contributed by atoms with E-state index >= 15 is 0 Å². The summed E-state index contributed by atoms with van der Waals surface area (Å²) >= 11 is 0. The Bertz CT molecular complexity index is 1070. The highest BCUT2D eigenvalue weighted by Crippen LogP contribution is 2.45. The van der Waals surface area contributed by atoms with Gasteiger partial charge in [0.1, 0.15) is 19.1 Å². The number of para-hydroxylation sites is 1. The van der Waals surface area contributed by atoms with Gasteiger partial charge in [0.25, 0.3) is 0 Å². The zero-order chi connectivity index (χ0) is 20.6. The Labute approximate surface area is 167 Å². The number of pyridine rings is 1. The van der Waals surface area contributed by atoms with Crippen LogP contribution in [0.25, 0.3) is 10.8 Å². The molecule has 0 aliphatic carbocycles. The predicted molar refractivity (Wildman–Crippen MR) is 108 cm³/mol. The summed E-state index contributed by atoms with van der Waals surface area (Å²) in [6, 6.07) is 12.9. The number of ether oxygens (including phenoxy) is 1. The molecule has 0 saturated heterocycles. The van der Waals surface area contributed by atoms with E-state index in [-0.39, 0.29) is 6.42 Å². The Morgan fingerprint density at radius 3 is 2.72 bits per heavy atom. The molecule has 0 bridgehead atoms. The smallest absolute Gasteiger partial charge is 0.319 e. The van der Waals surface area contributed by atoms with E-state index in [0.717, 1.165) is 16.5 Å². The zero-order valence-electron chi connectivity index (χ0n) is 15.9. The van der Waals surface area contributed by atoms with Crippen molar-refractivity contribution in [1.29, 1.82) is 0 Å². The van der Waals surface area contributed by atoms with Crippen molar-refractivity contribution in [3.05, 3.63) is 66.0 Å². The van der Waals surface area contributed by atoms with Crippen molar-refractivity contribution in [3.63, 3.8) is 0 Å². The number of alkyl halides is 2. The third kappa shape index (κ3) is 3.26. The Hall–Kier alpha value is -3.22. The Balaban J connectivity index is 1.92. The van der Waals surface area contributed by atoms with Crippen molar-refractivity contribution in [1.82, 2.24) is 4.98 Å². The number of rotatable bonds is 4. The number of aryl methyl sites for hydroxylation is 1. The van der Waals surface area contributed by atoms with Crippen molar-refractivity contribution >= 4 is 22.5 Å². The minimum absolute atomic E-state index is 0.0552. The molecule has 1 atom stereocenters. The van der Waals surface area contributed by atoms with Gasteiger partial charge in [-0.1, -0.05) is 30.3 Å². The van der Waals surface area contributed by atoms with Gasteiger partial charge in [-0.2, -0.15) is 0 Å². The predicted octanol–water partition coefficient (Wildman–Crippen LogP) is 4.63. The highest BCUT2D eigenvalue weighted by atomic mass is 19.1. The maximum atomic E-state index is 13.9. The molecule has 1 aromatic heterocycles. The van der Waals surface area contributed by atoms with Crippen LogP contribution in [-0.4, -0.2) is 30.0 Å². The first-order valence-corrected chi connectivity index (χ1v) is 9.32. The SMILES string of the molecule is Cc1cc2c(N(C(N)=O)[C@@H]3CC(CF)(CF)Oc4ccccc43)cccc2cn1. The molecular weight excluding hydrogens is 376 g/mol. The number of nitrogens with two attached hydrogens (primary N) is 1. The van der Waals surface area contributed by atoms with E-state index < -0.39 is 31.0 Å². The average molecular weight is 397 g/mol. The molecule has 7 heteroatoms. The number of carbonyl (C=O) groups excluding carboxylic acids is 1. The van der Waals surface area contributed by atoms with Crippen molar-refractivity contribution in [2.45, 2.75) is 25.0 Å². The first-order chi connectivity index (χ1) is 14.0. The van der Waals surface area contributed by atoms with E-state index in [1.807, 2.05) is 19.1 Å². The van der Waals surface area contributed by atoms with Crippen LogP contribution in [0, 0.1) is 6.92 Å². The summed E-state index contributed by atoms with van der Waals surface area (Å²) in [4.78, 5) is 18.3. The number of hydrogen-bond acceptors (Lipinski definition) is 3. The van der Waals surface area contributed by atoms with E-state index in [1.54, 1.807) is 42.6 Å². The van der Waals surface area contributed by atoms with Gasteiger partial charge < -0.3 is 10.5 Å². The highest BCUT2D eigenvalue weighted by molar-refractivity contribution is 6.03. The molecule has 3 aromatic rings. The first-order valence-electron chi connectivity index (χ1n) is 9.32. The molecule has 2 aromatic carbocycles. The second-order valence-corrected chi connectivity index (χ2v) is 7.34. The summed E-state index contributed by atoms with van der Waals surface area (Å²) in [5.41, 5.74) is 6.15. The van der Waals surface area contributed by atoms with Crippen LogP contribution >= 0.6 is 0 Å². The monoisotopic (exact) mass is 397 g/mol. The molecule has 29 heavy (non-hydrogen) atoms. The quantitative estimate of drug-likeness (QED) is 0.698. The average Bonchev–Trinajstić information content (AvgIpc) is 2.73. The zero-order valence-corrected chi connectivity index (χ0v) is 15.9. The topological polar surface area (TPSA) is 68.5 Å². The minimum Gasteiger partial charge on any atom is -0.481 e. The van der Waals surface area contributed by atoms with Gasteiger partial charge in [0.05, 0.1) is 11.7 Å². The molecule has 150 valence electrons. The van der Waals surface area contributed by atoms with Crippen molar-refractivity contribution in [3.8, 4) is 5.75 Å². The van der Waals surface area contributed by atoms with Crippen LogP contribution in [0.1, 0.15) is 23.7 Å². The molecule has 0 fully saturated rings. The van der Waals surface area contributed by atoms with E-state index in [2.05, 4.69) is 4.98 Å². The fourth-order valence-corrected chi connectivity index (χ4v) is 3.92. The van der Waals surface area contributed by atoms with E-state index in [1.165, 1.54) is 4.90 Å². The Morgan fingerprint density at radius 1 is 1.24 bits per heavy atom. The van der Waals surface area contributed by atoms with E-state index in [9.17, 15) is 13.6 Å². The van der Waals surface area contributed by atoms with Gasteiger partial charge >= 0.3 is 6.03 Å². The lowest BCUT2D eigenvalue weighted by Gasteiger charge is -2.43. The van der Waals surface area contributed by atoms with Crippen molar-refractivity contribution in [2.75, 3.05) is 18.2 Å². The second kappa shape index (κ2) is 7.31. The minimum atomic E-state index is -1.66. The summed E-state index contributed by atoms with van der Waals surface area (Å²) in [6.07, 6.45) is 1.67. The molecule has 0 spiro atoms. The van der Waals surface area contributed by atoms with Crippen LogP contribution in [0.3, 0.4) is 0 Å². The second-order valence-electron chi connectivity index (χ2n) is 7.34. The van der Waals surface area contributed by atoms with Crippen LogP contribution in [0.5, 0.6) is 5.75 Å². The summed E-state index contributed by atoms with van der Waals surface area (Å²) < 4.78 is 33.4. The number of benzene rings is 2. The highest BCUT2D eigenvalue weighted by Gasteiger charge is 2.45. The number of halogens is 2. The van der Waals surface area contributed by atoms with Gasteiger partial charge in [0.15, 0.2) is 5.60 Å². The molecule has 2 N–H and O–H groups in total. The number of amides is 2. The lowest BCUT2D eigenvalue weighted by atomic mass is 9.87. The molecule has 5 nitrogen and oxygen atoms in total. The van der Waals surface area contributed by atoms with Gasteiger partial charge in [0.2, 0.25) is 0 Å². The van der Waals surface area contributed by atoms with Gasteiger partial charge in [-0.15, -0.1) is 0 Å². The largest absolute Gasteiger partial charge is 0.481 e. The molecule has 4 rings (SSSR count). The lowest BCUT2D eigenvalue weighted by Crippen LogP contribution is -2.51. The van der Waals surface area contributed by atoms with Crippen molar-refractivity contribution in [2.24, 2.45) is 5.73 Å². The van der Waals surface area contributed by atoms with Gasteiger partial charge in [-0.25, -0.2) is 13.6 Å². The van der Waals surface area contributed by atoms with Crippen LogP contribution in [0.15, 0.2) is 54.7 Å². The number of nitrogens with zero attached hydrogens (tertiary/aromatic N) is 2. The Kier molecular flexibility index (Phi) is 4.82. The summed E-state index contributed by atoms with van der Waals surface area (Å²) in [6.45, 7) is -0.176. The fourth-order valence-electron chi connectivity index (χ4n) is 3.92. The molecule has 2 amide bonds. The standard InChI is InChI=1S/C22H21F2N3O2/c1-14-9-17-15(11-26-14)5-4-7-18(17)27(21(25)28)19-10-22(12-23,13-24)29-20-8-3-2-6-16(19)20/h2-9,11,19H,10,12-13H2,1H3,(H2,25,28)/t19-/m1/s1. The number of aromatic nitrogens is 1. The Morgan fingerprint density at radius 2 is 2.00 bits per heavy atom. The third-order valence-corrected chi connectivity index (χ3v) is 5.34. The maximum absolute atomic E-state index is 13.9. The molecule has 0 radical (unpaired) electrons. The number of urea groups is 1. The molecule has 0 unspecified atom stereocenters. The first kappa shape index (κ1) is 19.1. The number of fused-ring (bicyclic) bond motifs is 2. The number of primary amides is 1.